The quantitative estimate of drug-likeness (QED) is 0.418. The van der Waals surface area contributed by atoms with E-state index in [0.717, 1.165) is 26.4 Å². The Labute approximate surface area is 125 Å². The molecular weight excluding hydrogens is 312 g/mol. The Morgan fingerprint density at radius 1 is 0.650 bits per heavy atom. The first-order valence-electron chi connectivity index (χ1n) is 6.48. The third kappa shape index (κ3) is 1.84. The maximum Gasteiger partial charge on any atom is 0.136 e. The molecule has 0 radical (unpaired) electrons. The highest BCUT2D eigenvalue weighted by Gasteiger charge is 2.08. The molecule has 0 bridgehead atoms. The maximum absolute atomic E-state index is 5.89. The van der Waals surface area contributed by atoms with E-state index in [9.17, 15) is 0 Å². The van der Waals surface area contributed by atoms with Gasteiger partial charge in [-0.25, -0.2) is 0 Å². The second-order valence-corrected chi connectivity index (χ2v) is 5.74. The van der Waals surface area contributed by atoms with Gasteiger partial charge in [-0.1, -0.05) is 52.3 Å². The molecule has 0 atom stereocenters. The topological polar surface area (TPSA) is 13.1 Å². The molecular formula is C18H11BrO. The van der Waals surface area contributed by atoms with Crippen LogP contribution in [-0.4, -0.2) is 0 Å². The zero-order chi connectivity index (χ0) is 13.5. The Kier molecular flexibility index (Phi) is 2.64. The molecule has 0 aliphatic rings. The van der Waals surface area contributed by atoms with Gasteiger partial charge < -0.3 is 4.42 Å². The fourth-order valence-corrected chi connectivity index (χ4v) is 2.90. The van der Waals surface area contributed by atoms with Gasteiger partial charge in [0.2, 0.25) is 0 Å². The average Bonchev–Trinajstić information content (AvgIpc) is 2.84. The van der Waals surface area contributed by atoms with Gasteiger partial charge in [-0.15, -0.1) is 0 Å². The van der Waals surface area contributed by atoms with Crippen LogP contribution >= 0.6 is 15.9 Å². The van der Waals surface area contributed by atoms with Crippen molar-refractivity contribution >= 4 is 37.9 Å². The molecule has 1 heterocycles. The molecule has 0 saturated carbocycles. The molecule has 2 heteroatoms. The molecule has 4 rings (SSSR count). The van der Waals surface area contributed by atoms with Gasteiger partial charge in [-0.2, -0.15) is 0 Å². The van der Waals surface area contributed by atoms with E-state index in [0.29, 0.717) is 0 Å². The highest BCUT2D eigenvalue weighted by Crippen LogP contribution is 2.33. The van der Waals surface area contributed by atoms with Gasteiger partial charge in [-0.05, 0) is 41.5 Å². The molecule has 0 aliphatic carbocycles. The van der Waals surface area contributed by atoms with E-state index in [1.807, 2.05) is 24.3 Å². The van der Waals surface area contributed by atoms with Crippen LogP contribution in [-0.2, 0) is 0 Å². The van der Waals surface area contributed by atoms with E-state index in [-0.39, 0.29) is 0 Å². The summed E-state index contributed by atoms with van der Waals surface area (Å²) in [7, 11) is 0. The summed E-state index contributed by atoms with van der Waals surface area (Å²) in [6.45, 7) is 0. The van der Waals surface area contributed by atoms with E-state index in [2.05, 4.69) is 58.4 Å². The summed E-state index contributed by atoms with van der Waals surface area (Å²) >= 11 is 3.48. The molecule has 0 saturated heterocycles. The molecule has 0 N–H and O–H groups in total. The van der Waals surface area contributed by atoms with Gasteiger partial charge in [0.15, 0.2) is 0 Å². The molecule has 20 heavy (non-hydrogen) atoms. The SMILES string of the molecule is Brc1ccc2c(c1)oc1ccc(-c3ccccc3)cc12. The zero-order valence-corrected chi connectivity index (χ0v) is 12.2. The van der Waals surface area contributed by atoms with Crippen molar-refractivity contribution < 1.29 is 4.42 Å². The van der Waals surface area contributed by atoms with Gasteiger partial charge in [0, 0.05) is 15.2 Å². The summed E-state index contributed by atoms with van der Waals surface area (Å²) in [6.07, 6.45) is 0. The van der Waals surface area contributed by atoms with Crippen LogP contribution in [0.4, 0.5) is 0 Å². The Balaban J connectivity index is 2.01. The van der Waals surface area contributed by atoms with Crippen molar-refractivity contribution in [2.75, 3.05) is 0 Å². The Morgan fingerprint density at radius 3 is 2.35 bits per heavy atom. The second-order valence-electron chi connectivity index (χ2n) is 4.82. The highest BCUT2D eigenvalue weighted by molar-refractivity contribution is 9.10. The summed E-state index contributed by atoms with van der Waals surface area (Å²) in [5.74, 6) is 0. The van der Waals surface area contributed by atoms with Gasteiger partial charge >= 0.3 is 0 Å². The van der Waals surface area contributed by atoms with E-state index < -0.39 is 0 Å². The van der Waals surface area contributed by atoms with Crippen LogP contribution in [0, 0.1) is 0 Å². The standard InChI is InChI=1S/C18H11BrO/c19-14-7-8-15-16-10-13(12-4-2-1-3-5-12)6-9-17(16)20-18(15)11-14/h1-11H. The number of furan rings is 1. The predicted molar refractivity (Wildman–Crippen MR) is 86.9 cm³/mol. The van der Waals surface area contributed by atoms with Crippen molar-refractivity contribution in [1.29, 1.82) is 0 Å². The van der Waals surface area contributed by atoms with Gasteiger partial charge in [-0.3, -0.25) is 0 Å². The summed E-state index contributed by atoms with van der Waals surface area (Å²) in [5, 5.41) is 2.31. The lowest BCUT2D eigenvalue weighted by molar-refractivity contribution is 0.668. The van der Waals surface area contributed by atoms with Crippen molar-refractivity contribution in [1.82, 2.24) is 0 Å². The van der Waals surface area contributed by atoms with Gasteiger partial charge in [0.25, 0.3) is 0 Å². The van der Waals surface area contributed by atoms with Crippen molar-refractivity contribution in [2.24, 2.45) is 0 Å². The largest absolute Gasteiger partial charge is 0.456 e. The molecule has 1 nitrogen and oxygen atoms in total. The summed E-state index contributed by atoms with van der Waals surface area (Å²) in [4.78, 5) is 0. The van der Waals surface area contributed by atoms with Crippen molar-refractivity contribution in [3.63, 3.8) is 0 Å². The fourth-order valence-electron chi connectivity index (χ4n) is 2.56. The lowest BCUT2D eigenvalue weighted by atomic mass is 10.0. The van der Waals surface area contributed by atoms with Crippen LogP contribution < -0.4 is 0 Å². The van der Waals surface area contributed by atoms with Crippen LogP contribution in [0.2, 0.25) is 0 Å². The minimum absolute atomic E-state index is 0.916. The monoisotopic (exact) mass is 322 g/mol. The summed E-state index contributed by atoms with van der Waals surface area (Å²) in [6, 6.07) is 22.9. The molecule has 0 unspecified atom stereocenters. The minimum atomic E-state index is 0.916. The number of halogens is 1. The van der Waals surface area contributed by atoms with Gasteiger partial charge in [0.1, 0.15) is 11.2 Å². The third-order valence-corrected chi connectivity index (χ3v) is 4.03. The highest BCUT2D eigenvalue weighted by atomic mass is 79.9. The summed E-state index contributed by atoms with van der Waals surface area (Å²) in [5.41, 5.74) is 4.28. The van der Waals surface area contributed by atoms with Crippen molar-refractivity contribution in [2.45, 2.75) is 0 Å². The van der Waals surface area contributed by atoms with Crippen LogP contribution in [0.5, 0.6) is 0 Å². The number of hydrogen-bond donors (Lipinski definition) is 0. The van der Waals surface area contributed by atoms with Crippen LogP contribution in [0.1, 0.15) is 0 Å². The van der Waals surface area contributed by atoms with Crippen LogP contribution in [0.15, 0.2) is 75.6 Å². The molecule has 0 aliphatic heterocycles. The van der Waals surface area contributed by atoms with E-state index in [1.165, 1.54) is 11.1 Å². The second kappa shape index (κ2) is 4.50. The smallest absolute Gasteiger partial charge is 0.136 e. The van der Waals surface area contributed by atoms with Crippen molar-refractivity contribution in [3.05, 3.63) is 71.2 Å². The van der Waals surface area contributed by atoms with E-state index in [4.69, 9.17) is 4.42 Å². The first-order chi connectivity index (χ1) is 9.81. The molecule has 0 spiro atoms. The van der Waals surface area contributed by atoms with Crippen LogP contribution in [0.3, 0.4) is 0 Å². The van der Waals surface area contributed by atoms with E-state index in [1.54, 1.807) is 0 Å². The number of fused-ring (bicyclic) bond motifs is 3. The Morgan fingerprint density at radius 2 is 1.50 bits per heavy atom. The third-order valence-electron chi connectivity index (χ3n) is 3.54. The minimum Gasteiger partial charge on any atom is -0.456 e. The maximum atomic E-state index is 5.89. The number of rotatable bonds is 1. The fraction of sp³-hybridized carbons (Fsp3) is 0. The first kappa shape index (κ1) is 11.7. The Bertz CT molecular complexity index is 907. The van der Waals surface area contributed by atoms with E-state index >= 15 is 0 Å². The molecule has 0 fully saturated rings. The number of hydrogen-bond acceptors (Lipinski definition) is 1. The molecule has 96 valence electrons. The van der Waals surface area contributed by atoms with Crippen molar-refractivity contribution in [3.8, 4) is 11.1 Å². The van der Waals surface area contributed by atoms with Crippen LogP contribution in [0.25, 0.3) is 33.1 Å². The average molecular weight is 323 g/mol. The Hall–Kier alpha value is -2.06. The number of benzene rings is 3. The zero-order valence-electron chi connectivity index (χ0n) is 10.6. The molecule has 0 amide bonds. The lowest BCUT2D eigenvalue weighted by Gasteiger charge is -2.01. The normalized spacial score (nSPS) is 11.2. The predicted octanol–water partition coefficient (Wildman–Crippen LogP) is 6.02. The first-order valence-corrected chi connectivity index (χ1v) is 7.28. The molecule has 1 aromatic heterocycles. The molecule has 4 aromatic rings. The lowest BCUT2D eigenvalue weighted by Crippen LogP contribution is -1.76. The molecule has 3 aromatic carbocycles. The summed E-state index contributed by atoms with van der Waals surface area (Å²) < 4.78 is 6.93. The van der Waals surface area contributed by atoms with Gasteiger partial charge in [0.05, 0.1) is 0 Å².